The van der Waals surface area contributed by atoms with Crippen LogP contribution in [0.4, 0.5) is 5.82 Å². The zero-order valence-corrected chi connectivity index (χ0v) is 20.8. The summed E-state index contributed by atoms with van der Waals surface area (Å²) in [6, 6.07) is 14.9. The zero-order chi connectivity index (χ0) is 23.2. The third-order valence-corrected chi connectivity index (χ3v) is 6.29. The topological polar surface area (TPSA) is 83.6 Å². The summed E-state index contributed by atoms with van der Waals surface area (Å²) in [5.41, 5.74) is 0.763. The standard InChI is InChI=1S/C24H20Br2N2O4/c1-24(2,3)17-12-18(27-32-17)28-20(13-4-8-15(25)9-5-13)19(22(30)23(28)31)21(29)14-6-10-16(26)11-7-14/h4-12,20,29H,1-3H3/b21-19+. The third kappa shape index (κ3) is 4.04. The summed E-state index contributed by atoms with van der Waals surface area (Å²) < 4.78 is 7.15. The largest absolute Gasteiger partial charge is 0.507 e. The van der Waals surface area contributed by atoms with Crippen molar-refractivity contribution in [3.63, 3.8) is 0 Å². The molecule has 32 heavy (non-hydrogen) atoms. The number of carbonyl (C=O) groups is 2. The minimum absolute atomic E-state index is 0.0000430. The van der Waals surface area contributed by atoms with Crippen LogP contribution in [0.15, 0.2) is 73.6 Å². The van der Waals surface area contributed by atoms with Gasteiger partial charge in [-0.05, 0) is 29.8 Å². The fourth-order valence-electron chi connectivity index (χ4n) is 3.53. The van der Waals surface area contributed by atoms with Crippen molar-refractivity contribution in [3.05, 3.63) is 86.0 Å². The summed E-state index contributed by atoms with van der Waals surface area (Å²) in [6.45, 7) is 5.89. The van der Waals surface area contributed by atoms with Crippen LogP contribution in [0.25, 0.3) is 5.76 Å². The molecule has 0 saturated carbocycles. The molecular weight excluding hydrogens is 540 g/mol. The van der Waals surface area contributed by atoms with Gasteiger partial charge in [0.2, 0.25) is 0 Å². The SMILES string of the molecule is CC(C)(C)c1cc(N2C(=O)C(=O)/C(=C(/O)c3ccc(Br)cc3)C2c2ccc(Br)cc2)no1. The lowest BCUT2D eigenvalue weighted by Crippen LogP contribution is -2.29. The number of ketones is 1. The van der Waals surface area contributed by atoms with Crippen LogP contribution in [0.1, 0.15) is 43.7 Å². The maximum atomic E-state index is 13.1. The molecule has 0 aliphatic carbocycles. The summed E-state index contributed by atoms with van der Waals surface area (Å²) in [7, 11) is 0. The number of aliphatic hydroxyl groups is 1. The first-order chi connectivity index (χ1) is 15.1. The van der Waals surface area contributed by atoms with Gasteiger partial charge in [0.05, 0.1) is 11.6 Å². The van der Waals surface area contributed by atoms with Crippen LogP contribution < -0.4 is 4.90 Å². The monoisotopic (exact) mass is 558 g/mol. The van der Waals surface area contributed by atoms with E-state index < -0.39 is 17.7 Å². The van der Waals surface area contributed by atoms with Gasteiger partial charge in [0.1, 0.15) is 11.5 Å². The summed E-state index contributed by atoms with van der Waals surface area (Å²) >= 11 is 6.77. The first-order valence-electron chi connectivity index (χ1n) is 9.87. The molecule has 1 unspecified atom stereocenters. The molecule has 1 amide bonds. The average molecular weight is 560 g/mol. The lowest BCUT2D eigenvalue weighted by molar-refractivity contribution is -0.132. The number of Topliss-reactive ketones (excluding diaryl/α,β-unsaturated/α-hetero) is 1. The van der Waals surface area contributed by atoms with E-state index in [2.05, 4.69) is 37.0 Å². The van der Waals surface area contributed by atoms with E-state index in [9.17, 15) is 14.7 Å². The number of anilines is 1. The van der Waals surface area contributed by atoms with E-state index in [-0.39, 0.29) is 22.6 Å². The third-order valence-electron chi connectivity index (χ3n) is 5.23. The number of amides is 1. The Labute approximate surface area is 202 Å². The van der Waals surface area contributed by atoms with E-state index in [1.54, 1.807) is 42.5 Å². The number of nitrogens with zero attached hydrogens (tertiary/aromatic N) is 2. The number of hydrogen-bond donors (Lipinski definition) is 1. The van der Waals surface area contributed by atoms with Crippen molar-refractivity contribution >= 4 is 55.1 Å². The molecular formula is C24H20Br2N2O4. The Bertz CT molecular complexity index is 1220. The van der Waals surface area contributed by atoms with E-state index in [0.29, 0.717) is 16.9 Å². The van der Waals surface area contributed by atoms with Gasteiger partial charge in [-0.25, -0.2) is 0 Å². The van der Waals surface area contributed by atoms with Gasteiger partial charge in [0.15, 0.2) is 5.82 Å². The van der Waals surface area contributed by atoms with Crippen molar-refractivity contribution in [1.82, 2.24) is 5.16 Å². The van der Waals surface area contributed by atoms with E-state index in [4.69, 9.17) is 4.52 Å². The van der Waals surface area contributed by atoms with E-state index in [0.717, 1.165) is 8.95 Å². The number of carbonyl (C=O) groups excluding carboxylic acids is 2. The quantitative estimate of drug-likeness (QED) is 0.237. The Balaban J connectivity index is 1.91. The van der Waals surface area contributed by atoms with Crippen LogP contribution in [0.3, 0.4) is 0 Å². The molecule has 0 spiro atoms. The number of benzene rings is 2. The first kappa shape index (κ1) is 22.5. The molecule has 1 aromatic heterocycles. The van der Waals surface area contributed by atoms with Crippen molar-refractivity contribution in [1.29, 1.82) is 0 Å². The minimum atomic E-state index is -0.857. The molecule has 0 radical (unpaired) electrons. The molecule has 1 N–H and O–H groups in total. The highest BCUT2D eigenvalue weighted by Crippen LogP contribution is 2.42. The van der Waals surface area contributed by atoms with E-state index >= 15 is 0 Å². The van der Waals surface area contributed by atoms with Gasteiger partial charge in [-0.3, -0.25) is 14.5 Å². The molecule has 1 aliphatic heterocycles. The van der Waals surface area contributed by atoms with Gasteiger partial charge in [-0.15, -0.1) is 0 Å². The Morgan fingerprint density at radius 1 is 1.00 bits per heavy atom. The zero-order valence-electron chi connectivity index (χ0n) is 17.6. The summed E-state index contributed by atoms with van der Waals surface area (Å²) in [4.78, 5) is 27.6. The molecule has 1 fully saturated rings. The van der Waals surface area contributed by atoms with E-state index in [1.165, 1.54) is 4.90 Å². The molecule has 1 aliphatic rings. The normalized spacial score (nSPS) is 18.4. The van der Waals surface area contributed by atoms with Gasteiger partial charge in [-0.2, -0.15) is 0 Å². The number of aromatic nitrogens is 1. The minimum Gasteiger partial charge on any atom is -0.507 e. The molecule has 164 valence electrons. The van der Waals surface area contributed by atoms with Gasteiger partial charge < -0.3 is 9.63 Å². The second-order valence-electron chi connectivity index (χ2n) is 8.53. The van der Waals surface area contributed by atoms with Crippen LogP contribution in [-0.2, 0) is 15.0 Å². The van der Waals surface area contributed by atoms with Crippen LogP contribution in [0, 0.1) is 0 Å². The Kier molecular flexibility index (Phi) is 5.85. The molecule has 2 aromatic carbocycles. The predicted octanol–water partition coefficient (Wildman–Crippen LogP) is 6.12. The van der Waals surface area contributed by atoms with Crippen LogP contribution in [0.5, 0.6) is 0 Å². The predicted molar refractivity (Wildman–Crippen MR) is 128 cm³/mol. The van der Waals surface area contributed by atoms with Crippen molar-refractivity contribution in [3.8, 4) is 0 Å². The van der Waals surface area contributed by atoms with Crippen molar-refractivity contribution < 1.29 is 19.2 Å². The number of hydrogen-bond acceptors (Lipinski definition) is 5. The van der Waals surface area contributed by atoms with Crippen molar-refractivity contribution in [2.45, 2.75) is 32.2 Å². The van der Waals surface area contributed by atoms with Crippen molar-refractivity contribution in [2.75, 3.05) is 4.90 Å². The Hall–Kier alpha value is -2.71. The van der Waals surface area contributed by atoms with Crippen LogP contribution >= 0.6 is 31.9 Å². The van der Waals surface area contributed by atoms with Gasteiger partial charge in [-0.1, -0.05) is 82.1 Å². The molecule has 2 heterocycles. The second-order valence-corrected chi connectivity index (χ2v) is 10.4. The molecule has 3 aromatic rings. The number of aliphatic hydroxyl groups excluding tert-OH is 1. The maximum Gasteiger partial charge on any atom is 0.301 e. The number of rotatable bonds is 3. The number of halogens is 2. The molecule has 8 heteroatoms. The molecule has 1 atom stereocenters. The molecule has 6 nitrogen and oxygen atoms in total. The van der Waals surface area contributed by atoms with Crippen LogP contribution in [0.2, 0.25) is 0 Å². The van der Waals surface area contributed by atoms with Gasteiger partial charge in [0.25, 0.3) is 5.78 Å². The molecule has 1 saturated heterocycles. The molecule has 0 bridgehead atoms. The fraction of sp³-hybridized carbons (Fsp3) is 0.208. The summed E-state index contributed by atoms with van der Waals surface area (Å²) in [5, 5.41) is 15.2. The second kappa shape index (κ2) is 8.33. The maximum absolute atomic E-state index is 13.1. The van der Waals surface area contributed by atoms with Gasteiger partial charge in [0, 0.05) is 26.0 Å². The van der Waals surface area contributed by atoms with Gasteiger partial charge >= 0.3 is 5.91 Å². The smallest absolute Gasteiger partial charge is 0.301 e. The lowest BCUT2D eigenvalue weighted by Gasteiger charge is -2.23. The first-order valence-corrected chi connectivity index (χ1v) is 11.5. The Morgan fingerprint density at radius 2 is 1.56 bits per heavy atom. The lowest BCUT2D eigenvalue weighted by atomic mass is 9.93. The molecule has 4 rings (SSSR count). The highest BCUT2D eigenvalue weighted by molar-refractivity contribution is 9.10. The van der Waals surface area contributed by atoms with Crippen LogP contribution in [-0.4, -0.2) is 22.0 Å². The average Bonchev–Trinajstić information content (AvgIpc) is 3.32. The van der Waals surface area contributed by atoms with E-state index in [1.807, 2.05) is 32.9 Å². The fourth-order valence-corrected chi connectivity index (χ4v) is 4.05. The summed E-state index contributed by atoms with van der Waals surface area (Å²) in [5.74, 6) is -0.994. The van der Waals surface area contributed by atoms with Crippen molar-refractivity contribution in [2.24, 2.45) is 0 Å². The Morgan fingerprint density at radius 3 is 2.09 bits per heavy atom. The highest BCUT2D eigenvalue weighted by atomic mass is 79.9. The highest BCUT2D eigenvalue weighted by Gasteiger charge is 2.48. The summed E-state index contributed by atoms with van der Waals surface area (Å²) in [6.07, 6.45) is 0.